The average molecular weight is 320 g/mol. The molecular weight excluding hydrogens is 304 g/mol. The van der Waals surface area contributed by atoms with Crippen molar-refractivity contribution in [1.29, 1.82) is 0 Å². The zero-order valence-electron chi connectivity index (χ0n) is 12.5. The molecule has 0 saturated carbocycles. The van der Waals surface area contributed by atoms with Crippen LogP contribution >= 0.6 is 0 Å². The number of carboxylic acid groups (broad SMARTS) is 1. The molecule has 0 aromatic carbocycles. The van der Waals surface area contributed by atoms with Gasteiger partial charge in [0.25, 0.3) is 5.89 Å². The second-order valence-corrected chi connectivity index (χ2v) is 5.19. The number of aromatic nitrogens is 1. The summed E-state index contributed by atoms with van der Waals surface area (Å²) in [6.07, 6.45) is 1.48. The Morgan fingerprint density at radius 3 is 3.00 bits per heavy atom. The van der Waals surface area contributed by atoms with Gasteiger partial charge in [-0.2, -0.15) is 0 Å². The van der Waals surface area contributed by atoms with Gasteiger partial charge in [-0.25, -0.2) is 9.78 Å². The molecular formula is C15H16N2O6. The van der Waals surface area contributed by atoms with Crippen LogP contribution in [0.4, 0.5) is 0 Å². The van der Waals surface area contributed by atoms with E-state index in [1.54, 1.807) is 19.1 Å². The number of rotatable bonds is 4. The van der Waals surface area contributed by atoms with Gasteiger partial charge in [0.1, 0.15) is 5.76 Å². The fraction of sp³-hybridized carbons (Fsp3) is 0.400. The van der Waals surface area contributed by atoms with Gasteiger partial charge in [-0.3, -0.25) is 4.79 Å². The van der Waals surface area contributed by atoms with Crippen LogP contribution in [0, 0.1) is 6.92 Å². The molecule has 2 aromatic heterocycles. The topological polar surface area (TPSA) is 106 Å². The van der Waals surface area contributed by atoms with Crippen molar-refractivity contribution in [2.75, 3.05) is 19.8 Å². The van der Waals surface area contributed by atoms with E-state index in [1.165, 1.54) is 11.2 Å². The maximum Gasteiger partial charge on any atom is 0.328 e. The average Bonchev–Trinajstić information content (AvgIpc) is 3.17. The lowest BCUT2D eigenvalue weighted by Crippen LogP contribution is -2.53. The molecule has 8 nitrogen and oxygen atoms in total. The van der Waals surface area contributed by atoms with Crippen LogP contribution in [0.5, 0.6) is 0 Å². The fourth-order valence-electron chi connectivity index (χ4n) is 2.45. The first-order valence-electron chi connectivity index (χ1n) is 7.16. The molecule has 1 N–H and O–H groups in total. The third kappa shape index (κ3) is 3.11. The molecule has 1 aliphatic heterocycles. The van der Waals surface area contributed by atoms with E-state index in [-0.39, 0.29) is 25.5 Å². The number of aliphatic carboxylic acids is 1. The molecule has 8 heteroatoms. The predicted molar refractivity (Wildman–Crippen MR) is 76.6 cm³/mol. The summed E-state index contributed by atoms with van der Waals surface area (Å²) < 4.78 is 15.8. The maximum absolute atomic E-state index is 12.4. The second-order valence-electron chi connectivity index (χ2n) is 5.19. The van der Waals surface area contributed by atoms with Crippen LogP contribution in [0.1, 0.15) is 11.5 Å². The van der Waals surface area contributed by atoms with Crippen molar-refractivity contribution < 1.29 is 28.3 Å². The summed E-state index contributed by atoms with van der Waals surface area (Å²) in [5, 5.41) is 9.19. The molecule has 3 heterocycles. The summed E-state index contributed by atoms with van der Waals surface area (Å²) in [4.78, 5) is 29.2. The summed E-state index contributed by atoms with van der Waals surface area (Å²) in [6.45, 7) is 2.27. The van der Waals surface area contributed by atoms with Crippen LogP contribution in [-0.4, -0.2) is 52.7 Å². The van der Waals surface area contributed by atoms with E-state index in [0.717, 1.165) is 0 Å². The minimum absolute atomic E-state index is 0.00346. The lowest BCUT2D eigenvalue weighted by molar-refractivity contribution is -0.158. The Morgan fingerprint density at radius 2 is 2.30 bits per heavy atom. The monoisotopic (exact) mass is 320 g/mol. The number of ether oxygens (including phenoxy) is 1. The van der Waals surface area contributed by atoms with Crippen LogP contribution in [0.25, 0.3) is 11.7 Å². The molecule has 2 aromatic rings. The van der Waals surface area contributed by atoms with Crippen molar-refractivity contribution in [1.82, 2.24) is 9.88 Å². The summed E-state index contributed by atoms with van der Waals surface area (Å²) in [5.74, 6) is -0.118. The number of carboxylic acids is 1. The van der Waals surface area contributed by atoms with E-state index >= 15 is 0 Å². The van der Waals surface area contributed by atoms with E-state index < -0.39 is 12.0 Å². The van der Waals surface area contributed by atoms with Gasteiger partial charge in [0.05, 0.1) is 31.6 Å². The first kappa shape index (κ1) is 15.3. The number of carbonyl (C=O) groups excluding carboxylic acids is 1. The van der Waals surface area contributed by atoms with Gasteiger partial charge in [-0.05, 0) is 19.1 Å². The summed E-state index contributed by atoms with van der Waals surface area (Å²) in [5.41, 5.74) is 0.469. The lowest BCUT2D eigenvalue weighted by Gasteiger charge is -2.32. The molecule has 0 unspecified atom stereocenters. The number of hydrogen-bond acceptors (Lipinski definition) is 6. The SMILES string of the molecule is Cc1oc(-c2ccco2)nc1CC(=O)N1CCOC[C@@H]1C(=O)O. The first-order valence-corrected chi connectivity index (χ1v) is 7.16. The van der Waals surface area contributed by atoms with Gasteiger partial charge in [-0.15, -0.1) is 0 Å². The number of oxazole rings is 1. The highest BCUT2D eigenvalue weighted by molar-refractivity contribution is 5.85. The molecule has 1 aliphatic rings. The smallest absolute Gasteiger partial charge is 0.328 e. The van der Waals surface area contributed by atoms with Crippen molar-refractivity contribution in [3.63, 3.8) is 0 Å². The number of morpholine rings is 1. The van der Waals surface area contributed by atoms with Crippen molar-refractivity contribution in [3.05, 3.63) is 29.9 Å². The largest absolute Gasteiger partial charge is 0.480 e. The molecule has 1 amide bonds. The summed E-state index contributed by atoms with van der Waals surface area (Å²) in [7, 11) is 0. The number of amides is 1. The normalized spacial score (nSPS) is 18.1. The van der Waals surface area contributed by atoms with E-state index in [4.69, 9.17) is 13.6 Å². The second kappa shape index (κ2) is 6.25. The molecule has 1 saturated heterocycles. The maximum atomic E-state index is 12.4. The summed E-state index contributed by atoms with van der Waals surface area (Å²) in [6, 6.07) is 2.46. The standard InChI is InChI=1S/C15H16N2O6/c1-9-10(16-14(23-9)12-3-2-5-22-12)7-13(18)17-4-6-21-8-11(17)15(19)20/h2-3,5,11H,4,6-8H2,1H3,(H,19,20)/t11-/m1/s1. The highest BCUT2D eigenvalue weighted by Gasteiger charge is 2.33. The Labute approximate surface area is 131 Å². The van der Waals surface area contributed by atoms with Crippen LogP contribution in [0.3, 0.4) is 0 Å². The minimum Gasteiger partial charge on any atom is -0.480 e. The van der Waals surface area contributed by atoms with Crippen LogP contribution in [-0.2, 0) is 20.7 Å². The highest BCUT2D eigenvalue weighted by Crippen LogP contribution is 2.23. The van der Waals surface area contributed by atoms with Crippen LogP contribution < -0.4 is 0 Å². The lowest BCUT2D eigenvalue weighted by atomic mass is 10.2. The molecule has 122 valence electrons. The minimum atomic E-state index is -1.08. The highest BCUT2D eigenvalue weighted by atomic mass is 16.5. The molecule has 0 bridgehead atoms. The number of hydrogen-bond donors (Lipinski definition) is 1. The van der Waals surface area contributed by atoms with E-state index in [2.05, 4.69) is 4.98 Å². The van der Waals surface area contributed by atoms with E-state index in [0.29, 0.717) is 29.7 Å². The van der Waals surface area contributed by atoms with Crippen LogP contribution in [0.15, 0.2) is 27.2 Å². The van der Waals surface area contributed by atoms with Crippen molar-refractivity contribution >= 4 is 11.9 Å². The molecule has 0 spiro atoms. The van der Waals surface area contributed by atoms with Gasteiger partial charge < -0.3 is 23.6 Å². The predicted octanol–water partition coefficient (Wildman–Crippen LogP) is 1.10. The van der Waals surface area contributed by atoms with Crippen molar-refractivity contribution in [3.8, 4) is 11.7 Å². The first-order chi connectivity index (χ1) is 11.1. The third-order valence-corrected chi connectivity index (χ3v) is 3.68. The molecule has 1 fully saturated rings. The number of carbonyl (C=O) groups is 2. The Bertz CT molecular complexity index is 706. The van der Waals surface area contributed by atoms with E-state index in [1.807, 2.05) is 0 Å². The molecule has 23 heavy (non-hydrogen) atoms. The Hall–Kier alpha value is -2.61. The van der Waals surface area contributed by atoms with Gasteiger partial charge in [0.15, 0.2) is 11.8 Å². The van der Waals surface area contributed by atoms with Gasteiger partial charge >= 0.3 is 5.97 Å². The quantitative estimate of drug-likeness (QED) is 0.899. The third-order valence-electron chi connectivity index (χ3n) is 3.68. The Balaban J connectivity index is 1.76. The van der Waals surface area contributed by atoms with Crippen molar-refractivity contribution in [2.45, 2.75) is 19.4 Å². The molecule has 3 rings (SSSR count). The van der Waals surface area contributed by atoms with Crippen molar-refractivity contribution in [2.24, 2.45) is 0 Å². The zero-order chi connectivity index (χ0) is 16.4. The number of nitrogens with zero attached hydrogens (tertiary/aromatic N) is 2. The molecule has 0 aliphatic carbocycles. The van der Waals surface area contributed by atoms with Gasteiger partial charge in [0, 0.05) is 6.54 Å². The van der Waals surface area contributed by atoms with Gasteiger partial charge in [-0.1, -0.05) is 0 Å². The molecule has 1 atom stereocenters. The summed E-state index contributed by atoms with van der Waals surface area (Å²) >= 11 is 0. The zero-order valence-corrected chi connectivity index (χ0v) is 12.5. The fourth-order valence-corrected chi connectivity index (χ4v) is 2.45. The van der Waals surface area contributed by atoms with E-state index in [9.17, 15) is 14.7 Å². The van der Waals surface area contributed by atoms with Crippen LogP contribution in [0.2, 0.25) is 0 Å². The van der Waals surface area contributed by atoms with Gasteiger partial charge in [0.2, 0.25) is 5.91 Å². The molecule has 0 radical (unpaired) electrons. The Morgan fingerprint density at radius 1 is 1.48 bits per heavy atom. The number of aryl methyl sites for hydroxylation is 1. The Kier molecular flexibility index (Phi) is 4.16. The number of furan rings is 1.